The van der Waals surface area contributed by atoms with Crippen molar-refractivity contribution in [2.45, 2.75) is 6.04 Å². The van der Waals surface area contributed by atoms with Crippen LogP contribution in [0.3, 0.4) is 0 Å². The molecule has 3 aromatic rings. The van der Waals surface area contributed by atoms with Crippen molar-refractivity contribution in [3.63, 3.8) is 0 Å². The first-order valence-electron chi connectivity index (χ1n) is 9.01. The second-order valence-corrected chi connectivity index (χ2v) is 7.79. The van der Waals surface area contributed by atoms with Crippen molar-refractivity contribution in [2.75, 3.05) is 23.9 Å². The Morgan fingerprint density at radius 1 is 1.14 bits per heavy atom. The molecule has 1 aromatic carbocycles. The number of aliphatic hydroxyl groups excluding tert-OH is 1. The van der Waals surface area contributed by atoms with Crippen molar-refractivity contribution >= 4 is 34.4 Å². The molecule has 7 heteroatoms. The summed E-state index contributed by atoms with van der Waals surface area (Å²) in [6.45, 7) is 0. The van der Waals surface area contributed by atoms with Gasteiger partial charge in [0.2, 0.25) is 5.78 Å². The number of Topliss-reactive ketones (excluding diaryl/α,β-unsaturated/α-hetero) is 1. The topological polar surface area (TPSA) is 73.7 Å². The number of anilines is 2. The van der Waals surface area contributed by atoms with E-state index in [1.54, 1.807) is 42.0 Å². The second-order valence-electron chi connectivity index (χ2n) is 6.84. The zero-order valence-corrected chi connectivity index (χ0v) is 16.8. The minimum absolute atomic E-state index is 0.0714. The third-order valence-electron chi connectivity index (χ3n) is 4.84. The predicted molar refractivity (Wildman–Crippen MR) is 114 cm³/mol. The number of thiophene rings is 1. The Morgan fingerprint density at radius 2 is 1.90 bits per heavy atom. The first-order valence-corrected chi connectivity index (χ1v) is 9.89. The Bertz CT molecular complexity index is 1070. The van der Waals surface area contributed by atoms with Gasteiger partial charge in [0, 0.05) is 37.9 Å². The Balaban J connectivity index is 1.83. The van der Waals surface area contributed by atoms with Crippen LogP contribution in [-0.2, 0) is 4.79 Å². The van der Waals surface area contributed by atoms with Gasteiger partial charge in [0.15, 0.2) is 5.76 Å². The number of amides is 1. The lowest BCUT2D eigenvalue weighted by Gasteiger charge is -2.27. The summed E-state index contributed by atoms with van der Waals surface area (Å²) in [6.07, 6.45) is 3.24. The molecular weight excluding hydrogens is 386 g/mol. The molecule has 1 unspecified atom stereocenters. The zero-order chi connectivity index (χ0) is 20.5. The number of carbonyl (C=O) groups is 2. The molecule has 4 rings (SSSR count). The molecule has 1 aliphatic rings. The summed E-state index contributed by atoms with van der Waals surface area (Å²) >= 11 is 1.27. The SMILES string of the molecule is CN(C)c1ccc(N2C(=O)C(O)=C(C(=O)c3cccs3)C2c2cccnc2)cc1. The number of pyridine rings is 1. The van der Waals surface area contributed by atoms with E-state index in [1.165, 1.54) is 16.2 Å². The molecule has 0 aliphatic carbocycles. The molecule has 2 aromatic heterocycles. The minimum atomic E-state index is -0.754. The smallest absolute Gasteiger partial charge is 0.294 e. The van der Waals surface area contributed by atoms with Gasteiger partial charge in [-0.05, 0) is 47.3 Å². The number of hydrogen-bond donors (Lipinski definition) is 1. The summed E-state index contributed by atoms with van der Waals surface area (Å²) in [5, 5.41) is 12.5. The lowest BCUT2D eigenvalue weighted by Crippen LogP contribution is -2.31. The van der Waals surface area contributed by atoms with Crippen LogP contribution in [0.1, 0.15) is 21.3 Å². The first-order chi connectivity index (χ1) is 14.0. The molecular formula is C22H19N3O3S. The molecule has 1 N–H and O–H groups in total. The fourth-order valence-corrected chi connectivity index (χ4v) is 4.09. The van der Waals surface area contributed by atoms with E-state index < -0.39 is 17.7 Å². The summed E-state index contributed by atoms with van der Waals surface area (Å²) in [4.78, 5) is 34.2. The maximum atomic E-state index is 13.2. The van der Waals surface area contributed by atoms with Crippen LogP contribution in [0, 0.1) is 0 Å². The molecule has 0 fully saturated rings. The maximum absolute atomic E-state index is 13.2. The monoisotopic (exact) mass is 405 g/mol. The summed E-state index contributed by atoms with van der Waals surface area (Å²) in [6, 6.07) is 13.6. The highest BCUT2D eigenvalue weighted by molar-refractivity contribution is 7.12. The van der Waals surface area contributed by atoms with E-state index in [0.29, 0.717) is 16.1 Å². The third-order valence-corrected chi connectivity index (χ3v) is 5.71. The van der Waals surface area contributed by atoms with Crippen LogP contribution in [0.25, 0.3) is 0 Å². The molecule has 0 bridgehead atoms. The van der Waals surface area contributed by atoms with E-state index in [9.17, 15) is 14.7 Å². The number of rotatable bonds is 5. The Morgan fingerprint density at radius 3 is 2.48 bits per heavy atom. The molecule has 0 spiro atoms. The standard InChI is InChI=1S/C22H19N3O3S/c1-24(2)15-7-9-16(10-8-15)25-19(14-5-3-11-23-13-14)18(21(27)22(25)28)20(26)17-6-4-12-29-17/h3-13,19,27H,1-2H3. The highest BCUT2D eigenvalue weighted by Gasteiger charge is 2.44. The van der Waals surface area contributed by atoms with Gasteiger partial charge in [0.1, 0.15) is 0 Å². The van der Waals surface area contributed by atoms with E-state index in [1.807, 2.05) is 43.3 Å². The average Bonchev–Trinajstić information content (AvgIpc) is 3.36. The fraction of sp³-hybridized carbons (Fsp3) is 0.136. The molecule has 1 atom stereocenters. The summed E-state index contributed by atoms with van der Waals surface area (Å²) in [7, 11) is 3.86. The third kappa shape index (κ3) is 3.30. The lowest BCUT2D eigenvalue weighted by atomic mass is 9.96. The lowest BCUT2D eigenvalue weighted by molar-refractivity contribution is -0.117. The number of nitrogens with zero attached hydrogens (tertiary/aromatic N) is 3. The van der Waals surface area contributed by atoms with Crippen LogP contribution in [0.15, 0.2) is 77.6 Å². The molecule has 0 saturated carbocycles. The van der Waals surface area contributed by atoms with Crippen LogP contribution >= 0.6 is 11.3 Å². The van der Waals surface area contributed by atoms with Gasteiger partial charge in [0.05, 0.1) is 16.5 Å². The predicted octanol–water partition coefficient (Wildman–Crippen LogP) is 3.99. The molecule has 0 radical (unpaired) electrons. The van der Waals surface area contributed by atoms with Crippen LogP contribution in [0.5, 0.6) is 0 Å². The van der Waals surface area contributed by atoms with Crippen molar-refractivity contribution in [1.29, 1.82) is 0 Å². The highest BCUT2D eigenvalue weighted by Crippen LogP contribution is 2.42. The van der Waals surface area contributed by atoms with Crippen molar-refractivity contribution in [3.8, 4) is 0 Å². The normalized spacial score (nSPS) is 16.4. The van der Waals surface area contributed by atoms with Gasteiger partial charge in [-0.25, -0.2) is 0 Å². The van der Waals surface area contributed by atoms with Crippen molar-refractivity contribution in [3.05, 3.63) is 88.1 Å². The quantitative estimate of drug-likeness (QED) is 0.650. The largest absolute Gasteiger partial charge is 0.503 e. The summed E-state index contributed by atoms with van der Waals surface area (Å²) in [5.41, 5.74) is 2.30. The molecule has 1 amide bonds. The highest BCUT2D eigenvalue weighted by atomic mass is 32.1. The van der Waals surface area contributed by atoms with Gasteiger partial charge in [-0.3, -0.25) is 19.5 Å². The Kier molecular flexibility index (Phi) is 4.90. The summed E-state index contributed by atoms with van der Waals surface area (Å²) < 4.78 is 0. The molecule has 0 saturated heterocycles. The molecule has 146 valence electrons. The van der Waals surface area contributed by atoms with Gasteiger partial charge in [0.25, 0.3) is 5.91 Å². The van der Waals surface area contributed by atoms with Crippen LogP contribution < -0.4 is 9.80 Å². The number of carbonyl (C=O) groups excluding carboxylic acids is 2. The van der Waals surface area contributed by atoms with E-state index in [0.717, 1.165) is 5.69 Å². The van der Waals surface area contributed by atoms with Crippen LogP contribution in [0.2, 0.25) is 0 Å². The van der Waals surface area contributed by atoms with E-state index in [4.69, 9.17) is 0 Å². The van der Waals surface area contributed by atoms with Crippen molar-refractivity contribution < 1.29 is 14.7 Å². The minimum Gasteiger partial charge on any atom is -0.503 e. The first kappa shape index (κ1) is 18.9. The van der Waals surface area contributed by atoms with Gasteiger partial charge in [-0.2, -0.15) is 0 Å². The van der Waals surface area contributed by atoms with E-state index in [2.05, 4.69) is 4.98 Å². The average molecular weight is 405 g/mol. The number of hydrogen-bond acceptors (Lipinski definition) is 6. The van der Waals surface area contributed by atoms with Crippen LogP contribution in [0.4, 0.5) is 11.4 Å². The van der Waals surface area contributed by atoms with Crippen molar-refractivity contribution in [2.24, 2.45) is 0 Å². The molecule has 3 heterocycles. The number of benzene rings is 1. The number of ketones is 1. The zero-order valence-electron chi connectivity index (χ0n) is 15.9. The molecule has 6 nitrogen and oxygen atoms in total. The molecule has 29 heavy (non-hydrogen) atoms. The van der Waals surface area contributed by atoms with Gasteiger partial charge in [-0.15, -0.1) is 11.3 Å². The molecule has 1 aliphatic heterocycles. The number of aliphatic hydroxyl groups is 1. The van der Waals surface area contributed by atoms with Gasteiger partial charge >= 0.3 is 0 Å². The maximum Gasteiger partial charge on any atom is 0.294 e. The van der Waals surface area contributed by atoms with Gasteiger partial charge in [-0.1, -0.05) is 12.1 Å². The fourth-order valence-electron chi connectivity index (χ4n) is 3.41. The summed E-state index contributed by atoms with van der Waals surface area (Å²) in [5.74, 6) is -1.47. The van der Waals surface area contributed by atoms with Gasteiger partial charge < -0.3 is 10.0 Å². The second kappa shape index (κ2) is 7.52. The Hall–Kier alpha value is -3.45. The van der Waals surface area contributed by atoms with Crippen molar-refractivity contribution in [1.82, 2.24) is 4.98 Å². The van der Waals surface area contributed by atoms with E-state index in [-0.39, 0.29) is 11.4 Å². The Labute approximate surface area is 172 Å². The van der Waals surface area contributed by atoms with E-state index >= 15 is 0 Å². The number of aromatic nitrogens is 1. The van der Waals surface area contributed by atoms with Crippen LogP contribution in [-0.4, -0.2) is 35.9 Å².